The number of likely N-dealkylation sites (N-methyl/N-ethyl adjacent to an activating group) is 1. The lowest BCUT2D eigenvalue weighted by atomic mass is 10.0. The van der Waals surface area contributed by atoms with E-state index in [0.29, 0.717) is 0 Å². The zero-order valence-electron chi connectivity index (χ0n) is 18.8. The van der Waals surface area contributed by atoms with Crippen LogP contribution in [0.1, 0.15) is 29.8 Å². The van der Waals surface area contributed by atoms with Gasteiger partial charge >= 0.3 is 0 Å². The summed E-state index contributed by atoms with van der Waals surface area (Å²) in [5.41, 5.74) is 4.98. The van der Waals surface area contributed by atoms with Crippen molar-refractivity contribution >= 4 is 27.7 Å². The lowest BCUT2D eigenvalue weighted by Gasteiger charge is -2.22. The molecule has 2 rings (SSSR count). The van der Waals surface area contributed by atoms with Gasteiger partial charge in [0.15, 0.2) is 0 Å². The maximum absolute atomic E-state index is 13.8. The van der Waals surface area contributed by atoms with Crippen LogP contribution in [0.15, 0.2) is 53.4 Å². The highest BCUT2D eigenvalue weighted by Crippen LogP contribution is 2.14. The molecule has 0 aliphatic carbocycles. The van der Waals surface area contributed by atoms with Crippen molar-refractivity contribution < 1.29 is 27.2 Å². The number of aryl methyl sites for hydroxylation is 1. The lowest BCUT2D eigenvalue weighted by Crippen LogP contribution is -2.55. The second-order valence-electron chi connectivity index (χ2n) is 7.79. The number of hydrazine groups is 1. The van der Waals surface area contributed by atoms with Crippen molar-refractivity contribution in [1.82, 2.24) is 20.5 Å². The number of carbonyl (C=O) groups is 3. The van der Waals surface area contributed by atoms with Gasteiger partial charge in [0, 0.05) is 7.05 Å². The number of carbonyl (C=O) groups excluding carboxylic acids is 3. The number of rotatable bonds is 8. The zero-order chi connectivity index (χ0) is 24.8. The molecule has 33 heavy (non-hydrogen) atoms. The Bertz CT molecular complexity index is 1120. The molecule has 0 fully saturated rings. The molecule has 9 nitrogen and oxygen atoms in total. The van der Waals surface area contributed by atoms with E-state index in [2.05, 4.69) is 16.2 Å². The maximum atomic E-state index is 13.8. The molecule has 0 saturated heterocycles. The van der Waals surface area contributed by atoms with Gasteiger partial charge in [0.05, 0.1) is 17.0 Å². The summed E-state index contributed by atoms with van der Waals surface area (Å²) >= 11 is 0. The molecule has 3 N–H and O–H groups in total. The van der Waals surface area contributed by atoms with Gasteiger partial charge in [-0.05, 0) is 37.1 Å². The normalized spacial score (nSPS) is 12.3. The summed E-state index contributed by atoms with van der Waals surface area (Å²) in [5.74, 6) is -3.43. The standard InChI is InChI=1S/C22H27FN4O5S/c1-14(2)20(24-21(29)17-7-5-6-8-18(17)23)22(30)26-25-19(28)13-27(4)33(31,32)16-11-9-15(3)10-12-16/h5-12,14,20H,13H2,1-4H3,(H,24,29)(H,25,28)(H,26,30)/t20-/m1/s1. The minimum absolute atomic E-state index is 0.0307. The van der Waals surface area contributed by atoms with Crippen LogP contribution in [0.4, 0.5) is 4.39 Å². The summed E-state index contributed by atoms with van der Waals surface area (Å²) < 4.78 is 39.8. The van der Waals surface area contributed by atoms with Gasteiger partial charge in [0.25, 0.3) is 17.7 Å². The summed E-state index contributed by atoms with van der Waals surface area (Å²) in [6.07, 6.45) is 0. The van der Waals surface area contributed by atoms with E-state index in [1.165, 1.54) is 37.4 Å². The molecular formula is C22H27FN4O5S. The van der Waals surface area contributed by atoms with E-state index >= 15 is 0 Å². The molecule has 0 bridgehead atoms. The van der Waals surface area contributed by atoms with Gasteiger partial charge in [-0.1, -0.05) is 43.7 Å². The van der Waals surface area contributed by atoms with E-state index in [1.54, 1.807) is 26.0 Å². The summed E-state index contributed by atoms with van der Waals surface area (Å²) in [7, 11) is -2.66. The van der Waals surface area contributed by atoms with E-state index in [9.17, 15) is 27.2 Å². The van der Waals surface area contributed by atoms with Crippen molar-refractivity contribution in [3.05, 3.63) is 65.5 Å². The first-order valence-corrected chi connectivity index (χ1v) is 11.5. The summed E-state index contributed by atoms with van der Waals surface area (Å²) in [6, 6.07) is 10.4. The van der Waals surface area contributed by atoms with Gasteiger partial charge in [0.1, 0.15) is 11.9 Å². The molecule has 0 heterocycles. The van der Waals surface area contributed by atoms with Crippen molar-refractivity contribution in [1.29, 1.82) is 0 Å². The van der Waals surface area contributed by atoms with E-state index in [1.807, 2.05) is 6.92 Å². The first-order chi connectivity index (χ1) is 15.4. The highest BCUT2D eigenvalue weighted by Gasteiger charge is 2.27. The van der Waals surface area contributed by atoms with Gasteiger partial charge in [-0.2, -0.15) is 4.31 Å². The third kappa shape index (κ3) is 6.83. The van der Waals surface area contributed by atoms with Gasteiger partial charge in [-0.15, -0.1) is 0 Å². The van der Waals surface area contributed by atoms with Crippen molar-refractivity contribution in [3.8, 4) is 0 Å². The second kappa shape index (κ2) is 11.0. The smallest absolute Gasteiger partial charge is 0.261 e. The highest BCUT2D eigenvalue weighted by atomic mass is 32.2. The van der Waals surface area contributed by atoms with E-state index in [0.717, 1.165) is 15.9 Å². The Hall–Kier alpha value is -3.31. The average Bonchev–Trinajstić information content (AvgIpc) is 2.76. The third-order valence-corrected chi connectivity index (χ3v) is 6.59. The molecular weight excluding hydrogens is 451 g/mol. The van der Waals surface area contributed by atoms with Crippen LogP contribution in [-0.4, -0.2) is 50.1 Å². The number of nitrogens with one attached hydrogen (secondary N) is 3. The monoisotopic (exact) mass is 478 g/mol. The van der Waals surface area contributed by atoms with Gasteiger partial charge in [-0.25, -0.2) is 12.8 Å². The minimum atomic E-state index is -3.90. The van der Waals surface area contributed by atoms with Crippen LogP contribution < -0.4 is 16.2 Å². The maximum Gasteiger partial charge on any atom is 0.261 e. The molecule has 0 saturated carbocycles. The Morgan fingerprint density at radius 1 is 1.00 bits per heavy atom. The number of hydrogen-bond donors (Lipinski definition) is 3. The molecule has 0 aliphatic heterocycles. The molecule has 3 amide bonds. The Labute approximate surface area is 192 Å². The van der Waals surface area contributed by atoms with Crippen LogP contribution in [0.25, 0.3) is 0 Å². The van der Waals surface area contributed by atoms with Crippen molar-refractivity contribution in [3.63, 3.8) is 0 Å². The Balaban J connectivity index is 1.96. The van der Waals surface area contributed by atoms with Crippen LogP contribution in [-0.2, 0) is 19.6 Å². The molecule has 0 radical (unpaired) electrons. The van der Waals surface area contributed by atoms with Crippen molar-refractivity contribution in [2.24, 2.45) is 5.92 Å². The van der Waals surface area contributed by atoms with E-state index < -0.39 is 46.1 Å². The predicted octanol–water partition coefficient (Wildman–Crippen LogP) is 1.36. The van der Waals surface area contributed by atoms with Gasteiger partial charge in [-0.3, -0.25) is 25.2 Å². The van der Waals surface area contributed by atoms with Gasteiger partial charge < -0.3 is 5.32 Å². The number of amides is 3. The topological polar surface area (TPSA) is 125 Å². The van der Waals surface area contributed by atoms with Gasteiger partial charge in [0.2, 0.25) is 10.0 Å². The predicted molar refractivity (Wildman–Crippen MR) is 120 cm³/mol. The van der Waals surface area contributed by atoms with Crippen LogP contribution in [0.3, 0.4) is 0 Å². The largest absolute Gasteiger partial charge is 0.340 e. The Morgan fingerprint density at radius 3 is 2.18 bits per heavy atom. The fourth-order valence-corrected chi connectivity index (χ4v) is 3.95. The Morgan fingerprint density at radius 2 is 1.61 bits per heavy atom. The van der Waals surface area contributed by atoms with Crippen molar-refractivity contribution in [2.75, 3.05) is 13.6 Å². The zero-order valence-corrected chi connectivity index (χ0v) is 19.6. The fourth-order valence-electron chi connectivity index (χ4n) is 2.83. The van der Waals surface area contributed by atoms with Crippen LogP contribution in [0.5, 0.6) is 0 Å². The number of benzene rings is 2. The highest BCUT2D eigenvalue weighted by molar-refractivity contribution is 7.89. The number of hydrogen-bond acceptors (Lipinski definition) is 5. The van der Waals surface area contributed by atoms with Crippen LogP contribution in [0.2, 0.25) is 0 Å². The second-order valence-corrected chi connectivity index (χ2v) is 9.83. The van der Waals surface area contributed by atoms with E-state index in [-0.39, 0.29) is 16.4 Å². The summed E-state index contributed by atoms with van der Waals surface area (Å²) in [6.45, 7) is 4.59. The van der Waals surface area contributed by atoms with Crippen LogP contribution in [0, 0.1) is 18.7 Å². The minimum Gasteiger partial charge on any atom is -0.340 e. The molecule has 0 unspecified atom stereocenters. The molecule has 2 aromatic rings. The molecule has 2 aromatic carbocycles. The average molecular weight is 479 g/mol. The third-order valence-electron chi connectivity index (χ3n) is 4.77. The molecule has 11 heteroatoms. The number of sulfonamides is 1. The molecule has 0 aromatic heterocycles. The fraction of sp³-hybridized carbons (Fsp3) is 0.318. The quantitative estimate of drug-likeness (QED) is 0.494. The summed E-state index contributed by atoms with van der Waals surface area (Å²) in [5, 5.41) is 2.44. The number of halogens is 1. The van der Waals surface area contributed by atoms with E-state index in [4.69, 9.17) is 0 Å². The Kier molecular flexibility index (Phi) is 8.66. The lowest BCUT2D eigenvalue weighted by molar-refractivity contribution is -0.130. The molecule has 178 valence electrons. The molecule has 0 aliphatic rings. The molecule has 0 spiro atoms. The first-order valence-electron chi connectivity index (χ1n) is 10.1. The first kappa shape index (κ1) is 25.9. The van der Waals surface area contributed by atoms with Crippen molar-refractivity contribution in [2.45, 2.75) is 31.7 Å². The van der Waals surface area contributed by atoms with Crippen LogP contribution >= 0.6 is 0 Å². The summed E-state index contributed by atoms with van der Waals surface area (Å²) in [4.78, 5) is 37.1. The molecule has 1 atom stereocenters. The number of nitrogens with zero attached hydrogens (tertiary/aromatic N) is 1. The SMILES string of the molecule is Cc1ccc(S(=O)(=O)N(C)CC(=O)NNC(=O)[C@H](NC(=O)c2ccccc2F)C(C)C)cc1.